The zero-order valence-electron chi connectivity index (χ0n) is 6.48. The number of carbonyl (C=O) groups excluding carboxylic acids is 1. The lowest BCUT2D eigenvalue weighted by Crippen LogP contribution is -2.13. The molecule has 7 heteroatoms. The molecular formula is C6H6N6O. The van der Waals surface area contributed by atoms with Crippen molar-refractivity contribution in [2.75, 3.05) is 5.32 Å². The van der Waals surface area contributed by atoms with Crippen LogP contribution in [0.3, 0.4) is 0 Å². The standard InChI is InChI=1S/C6H6N6O/c13-5(4-1-7-2-8-4)11-6-9-3-10-12-6/h1-3H,(H,7,8)(H2,9,10,11,12,13). The Balaban J connectivity index is 2.08. The van der Waals surface area contributed by atoms with E-state index in [4.69, 9.17) is 0 Å². The van der Waals surface area contributed by atoms with Crippen LogP contribution < -0.4 is 5.32 Å². The van der Waals surface area contributed by atoms with E-state index in [-0.39, 0.29) is 5.91 Å². The van der Waals surface area contributed by atoms with Crippen LogP contribution in [0.1, 0.15) is 10.5 Å². The third kappa shape index (κ3) is 1.53. The highest BCUT2D eigenvalue weighted by Gasteiger charge is 2.07. The molecule has 0 saturated carbocycles. The van der Waals surface area contributed by atoms with Gasteiger partial charge in [0.2, 0.25) is 5.95 Å². The summed E-state index contributed by atoms with van der Waals surface area (Å²) in [6, 6.07) is 0. The van der Waals surface area contributed by atoms with Crippen LogP contribution >= 0.6 is 0 Å². The van der Waals surface area contributed by atoms with Crippen molar-refractivity contribution in [1.29, 1.82) is 0 Å². The fourth-order valence-electron chi connectivity index (χ4n) is 0.821. The van der Waals surface area contributed by atoms with E-state index < -0.39 is 0 Å². The summed E-state index contributed by atoms with van der Waals surface area (Å²) >= 11 is 0. The van der Waals surface area contributed by atoms with Crippen LogP contribution in [0, 0.1) is 0 Å². The second kappa shape index (κ2) is 3.05. The number of amides is 1. The molecule has 7 nitrogen and oxygen atoms in total. The smallest absolute Gasteiger partial charge is 0.276 e. The van der Waals surface area contributed by atoms with Crippen LogP contribution in [0.2, 0.25) is 0 Å². The monoisotopic (exact) mass is 178 g/mol. The topological polar surface area (TPSA) is 99.3 Å². The summed E-state index contributed by atoms with van der Waals surface area (Å²) in [6.45, 7) is 0. The van der Waals surface area contributed by atoms with E-state index >= 15 is 0 Å². The van der Waals surface area contributed by atoms with Crippen molar-refractivity contribution in [2.24, 2.45) is 0 Å². The van der Waals surface area contributed by atoms with Crippen LogP contribution in [0.5, 0.6) is 0 Å². The van der Waals surface area contributed by atoms with Gasteiger partial charge in [-0.25, -0.2) is 10.1 Å². The SMILES string of the molecule is O=C(Nc1ncn[nH]1)c1cnc[nH]1. The maximum Gasteiger partial charge on any atom is 0.276 e. The first-order valence-electron chi connectivity index (χ1n) is 3.51. The number of hydrogen-bond donors (Lipinski definition) is 3. The van der Waals surface area contributed by atoms with Gasteiger partial charge in [-0.2, -0.15) is 10.1 Å². The van der Waals surface area contributed by atoms with E-state index in [1.54, 1.807) is 0 Å². The number of hydrogen-bond acceptors (Lipinski definition) is 4. The van der Waals surface area contributed by atoms with Crippen molar-refractivity contribution in [3.05, 3.63) is 24.5 Å². The lowest BCUT2D eigenvalue weighted by atomic mass is 10.4. The molecule has 0 fully saturated rings. The number of nitrogens with zero attached hydrogens (tertiary/aromatic N) is 3. The number of carbonyl (C=O) groups is 1. The molecule has 66 valence electrons. The maximum atomic E-state index is 11.3. The van der Waals surface area contributed by atoms with Gasteiger partial charge in [-0.3, -0.25) is 10.1 Å². The second-order valence-electron chi connectivity index (χ2n) is 2.25. The molecular weight excluding hydrogens is 172 g/mol. The number of imidazole rings is 1. The number of aromatic nitrogens is 5. The highest BCUT2D eigenvalue weighted by Crippen LogP contribution is 1.97. The molecule has 0 aliphatic heterocycles. The molecule has 2 heterocycles. The molecule has 0 aromatic carbocycles. The zero-order chi connectivity index (χ0) is 9.10. The number of H-pyrrole nitrogens is 2. The number of nitrogens with one attached hydrogen (secondary N) is 3. The van der Waals surface area contributed by atoms with Gasteiger partial charge in [-0.1, -0.05) is 0 Å². The van der Waals surface area contributed by atoms with Gasteiger partial charge in [0.1, 0.15) is 12.0 Å². The van der Waals surface area contributed by atoms with Gasteiger partial charge in [0.05, 0.1) is 12.5 Å². The number of aromatic amines is 2. The quantitative estimate of drug-likeness (QED) is 0.591. The predicted molar refractivity (Wildman–Crippen MR) is 42.9 cm³/mol. The summed E-state index contributed by atoms with van der Waals surface area (Å²) in [5, 5.41) is 8.57. The van der Waals surface area contributed by atoms with Gasteiger partial charge >= 0.3 is 0 Å². The molecule has 0 atom stereocenters. The Morgan fingerprint density at radius 1 is 1.54 bits per heavy atom. The Bertz CT molecular complexity index is 377. The van der Waals surface area contributed by atoms with Gasteiger partial charge in [0.25, 0.3) is 5.91 Å². The summed E-state index contributed by atoms with van der Waals surface area (Å²) in [5.41, 5.74) is 0.372. The summed E-state index contributed by atoms with van der Waals surface area (Å²) < 4.78 is 0. The molecule has 0 radical (unpaired) electrons. The Kier molecular flexibility index (Phi) is 1.75. The zero-order valence-corrected chi connectivity index (χ0v) is 6.48. The van der Waals surface area contributed by atoms with Crippen LogP contribution in [0.15, 0.2) is 18.9 Å². The van der Waals surface area contributed by atoms with Crippen molar-refractivity contribution < 1.29 is 4.79 Å². The van der Waals surface area contributed by atoms with Gasteiger partial charge in [0.15, 0.2) is 0 Å². The van der Waals surface area contributed by atoms with E-state index in [0.717, 1.165) is 0 Å². The summed E-state index contributed by atoms with van der Waals surface area (Å²) in [5.74, 6) is -0.00569. The molecule has 0 spiro atoms. The average molecular weight is 178 g/mol. The van der Waals surface area contributed by atoms with Gasteiger partial charge in [-0.05, 0) is 0 Å². The predicted octanol–water partition coefficient (Wildman–Crippen LogP) is -0.220. The Morgan fingerprint density at radius 2 is 2.46 bits per heavy atom. The van der Waals surface area contributed by atoms with E-state index in [2.05, 4.69) is 30.5 Å². The van der Waals surface area contributed by atoms with Gasteiger partial charge in [-0.15, -0.1) is 0 Å². The lowest BCUT2D eigenvalue weighted by molar-refractivity contribution is 0.102. The lowest BCUT2D eigenvalue weighted by Gasteiger charge is -1.96. The van der Waals surface area contributed by atoms with Crippen molar-refractivity contribution in [3.8, 4) is 0 Å². The molecule has 0 aliphatic rings. The Hall–Kier alpha value is -2.18. The van der Waals surface area contributed by atoms with Gasteiger partial charge < -0.3 is 4.98 Å². The van der Waals surface area contributed by atoms with Crippen LogP contribution in [-0.4, -0.2) is 31.1 Å². The van der Waals surface area contributed by atoms with Crippen molar-refractivity contribution in [3.63, 3.8) is 0 Å². The minimum absolute atomic E-state index is 0.305. The summed E-state index contributed by atoms with van der Waals surface area (Å²) in [4.78, 5) is 21.4. The fraction of sp³-hybridized carbons (Fsp3) is 0. The molecule has 0 bridgehead atoms. The van der Waals surface area contributed by atoms with Crippen molar-refractivity contribution in [1.82, 2.24) is 25.1 Å². The minimum Gasteiger partial charge on any atom is -0.341 e. The fourth-order valence-corrected chi connectivity index (χ4v) is 0.821. The van der Waals surface area contributed by atoms with Crippen LogP contribution in [0.25, 0.3) is 0 Å². The van der Waals surface area contributed by atoms with E-state index in [9.17, 15) is 4.79 Å². The minimum atomic E-state index is -0.311. The van der Waals surface area contributed by atoms with Crippen molar-refractivity contribution in [2.45, 2.75) is 0 Å². The van der Waals surface area contributed by atoms with Crippen molar-refractivity contribution >= 4 is 11.9 Å². The molecule has 0 saturated heterocycles. The Morgan fingerprint density at radius 3 is 3.08 bits per heavy atom. The molecule has 0 unspecified atom stereocenters. The van der Waals surface area contributed by atoms with Crippen LogP contribution in [0.4, 0.5) is 5.95 Å². The number of anilines is 1. The molecule has 3 N–H and O–H groups in total. The normalized spacial score (nSPS) is 9.85. The first kappa shape index (κ1) is 7.47. The third-order valence-corrected chi connectivity index (χ3v) is 1.39. The molecule has 0 aliphatic carbocycles. The summed E-state index contributed by atoms with van der Waals surface area (Å²) in [6.07, 6.45) is 4.16. The van der Waals surface area contributed by atoms with Gasteiger partial charge in [0, 0.05) is 0 Å². The molecule has 13 heavy (non-hydrogen) atoms. The highest BCUT2D eigenvalue weighted by molar-refractivity contribution is 6.01. The molecule has 2 aromatic rings. The van der Waals surface area contributed by atoms with E-state index in [1.807, 2.05) is 0 Å². The molecule has 1 amide bonds. The van der Waals surface area contributed by atoms with E-state index in [1.165, 1.54) is 18.9 Å². The Labute approximate surface area is 72.6 Å². The first-order valence-corrected chi connectivity index (χ1v) is 3.51. The molecule has 2 rings (SSSR count). The van der Waals surface area contributed by atoms with Crippen LogP contribution in [-0.2, 0) is 0 Å². The largest absolute Gasteiger partial charge is 0.341 e. The first-order chi connectivity index (χ1) is 6.36. The average Bonchev–Trinajstić information content (AvgIpc) is 2.74. The summed E-state index contributed by atoms with van der Waals surface area (Å²) in [7, 11) is 0. The number of rotatable bonds is 2. The maximum absolute atomic E-state index is 11.3. The molecule has 2 aromatic heterocycles. The third-order valence-electron chi connectivity index (χ3n) is 1.39. The highest BCUT2D eigenvalue weighted by atomic mass is 16.2. The second-order valence-corrected chi connectivity index (χ2v) is 2.25. The van der Waals surface area contributed by atoms with E-state index in [0.29, 0.717) is 11.6 Å².